The van der Waals surface area contributed by atoms with E-state index in [9.17, 15) is 30.8 Å². The highest BCUT2D eigenvalue weighted by Gasteiger charge is 2.46. The molecule has 11 heteroatoms. The SMILES string of the molecule is CC1(c2c(C3=CCC(C)(S(C)(=O)=O)C=C3)nn(CC(N)=O)c2C(F)(F)F)C=CC(F)=CC1. The van der Waals surface area contributed by atoms with Gasteiger partial charge in [0, 0.05) is 17.2 Å². The standard InChI is InChI=1S/C21H23F4N3O3S/c1-19(8-6-14(22)7-9-19)16-17(13-4-10-20(2,11-5-13)32(3,30)31)27-28(12-15(26)29)18(16)21(23,24)25/h4-8,10H,9,11-12H2,1-3H3,(H2,26,29). The van der Waals surface area contributed by atoms with Gasteiger partial charge in [-0.25, -0.2) is 12.8 Å². The molecule has 0 fully saturated rings. The predicted octanol–water partition coefficient (Wildman–Crippen LogP) is 3.60. The lowest BCUT2D eigenvalue weighted by Crippen LogP contribution is -2.33. The molecule has 2 atom stereocenters. The highest BCUT2D eigenvalue weighted by atomic mass is 32.2. The molecule has 1 aromatic heterocycles. The van der Waals surface area contributed by atoms with Crippen molar-refractivity contribution >= 4 is 21.3 Å². The van der Waals surface area contributed by atoms with E-state index < -0.39 is 50.1 Å². The molecular formula is C21H23F4N3O3S. The number of amides is 1. The Morgan fingerprint density at radius 3 is 2.28 bits per heavy atom. The van der Waals surface area contributed by atoms with Crippen molar-refractivity contribution in [3.8, 4) is 0 Å². The Kier molecular flexibility index (Phi) is 5.78. The van der Waals surface area contributed by atoms with Gasteiger partial charge >= 0.3 is 6.18 Å². The zero-order valence-electron chi connectivity index (χ0n) is 17.7. The molecule has 174 valence electrons. The van der Waals surface area contributed by atoms with E-state index in [1.807, 2.05) is 0 Å². The van der Waals surface area contributed by atoms with Crippen LogP contribution < -0.4 is 5.73 Å². The molecule has 0 bridgehead atoms. The first-order chi connectivity index (χ1) is 14.6. The smallest absolute Gasteiger partial charge is 0.368 e. The van der Waals surface area contributed by atoms with Crippen molar-refractivity contribution in [1.29, 1.82) is 0 Å². The fourth-order valence-corrected chi connectivity index (χ4v) is 4.52. The molecule has 3 rings (SSSR count). The summed E-state index contributed by atoms with van der Waals surface area (Å²) in [6.07, 6.45) is 4.11. The van der Waals surface area contributed by atoms with Crippen LogP contribution in [-0.2, 0) is 32.8 Å². The molecule has 1 amide bonds. The van der Waals surface area contributed by atoms with Gasteiger partial charge in [-0.2, -0.15) is 18.3 Å². The number of allylic oxidation sites excluding steroid dienone is 7. The number of carbonyl (C=O) groups excluding carboxylic acids is 1. The summed E-state index contributed by atoms with van der Waals surface area (Å²) in [6, 6.07) is 0. The molecule has 2 N–H and O–H groups in total. The van der Waals surface area contributed by atoms with Crippen molar-refractivity contribution in [2.45, 2.75) is 49.6 Å². The highest BCUT2D eigenvalue weighted by molar-refractivity contribution is 7.92. The van der Waals surface area contributed by atoms with Crippen molar-refractivity contribution in [3.05, 3.63) is 59.2 Å². The molecule has 0 saturated carbocycles. The van der Waals surface area contributed by atoms with Gasteiger partial charge in [0.1, 0.15) is 18.1 Å². The van der Waals surface area contributed by atoms with Gasteiger partial charge in [0.25, 0.3) is 0 Å². The largest absolute Gasteiger partial charge is 0.433 e. The van der Waals surface area contributed by atoms with Gasteiger partial charge in [-0.15, -0.1) is 0 Å². The third-order valence-electron chi connectivity index (χ3n) is 5.89. The molecule has 0 aromatic carbocycles. The molecule has 1 aromatic rings. The first-order valence-electron chi connectivity index (χ1n) is 9.68. The molecule has 6 nitrogen and oxygen atoms in total. The van der Waals surface area contributed by atoms with Crippen molar-refractivity contribution in [1.82, 2.24) is 9.78 Å². The Morgan fingerprint density at radius 2 is 1.84 bits per heavy atom. The van der Waals surface area contributed by atoms with Gasteiger partial charge < -0.3 is 5.73 Å². The summed E-state index contributed by atoms with van der Waals surface area (Å²) in [5.41, 5.74) is 2.70. The van der Waals surface area contributed by atoms with Crippen LogP contribution in [0, 0.1) is 0 Å². The lowest BCUT2D eigenvalue weighted by atomic mass is 9.74. The number of aromatic nitrogens is 2. The zero-order valence-corrected chi connectivity index (χ0v) is 18.5. The summed E-state index contributed by atoms with van der Waals surface area (Å²) in [5.74, 6) is -1.58. The van der Waals surface area contributed by atoms with Gasteiger partial charge in [-0.3, -0.25) is 9.48 Å². The van der Waals surface area contributed by atoms with Crippen molar-refractivity contribution < 1.29 is 30.8 Å². The van der Waals surface area contributed by atoms with Gasteiger partial charge in [0.2, 0.25) is 5.91 Å². The predicted molar refractivity (Wildman–Crippen MR) is 112 cm³/mol. The summed E-state index contributed by atoms with van der Waals surface area (Å²) < 4.78 is 79.6. The minimum absolute atomic E-state index is 0.0300. The van der Waals surface area contributed by atoms with Crippen LogP contribution in [0.4, 0.5) is 17.6 Å². The number of hydrogen-bond donors (Lipinski definition) is 1. The van der Waals surface area contributed by atoms with E-state index in [2.05, 4.69) is 5.10 Å². The Balaban J connectivity index is 2.25. The summed E-state index contributed by atoms with van der Waals surface area (Å²) in [4.78, 5) is 11.5. The normalized spacial score (nSPS) is 26.1. The van der Waals surface area contributed by atoms with E-state index in [0.717, 1.165) is 12.3 Å². The van der Waals surface area contributed by atoms with E-state index in [-0.39, 0.29) is 29.7 Å². The Bertz CT molecular complexity index is 1190. The molecule has 0 saturated heterocycles. The third-order valence-corrected chi connectivity index (χ3v) is 7.89. The Labute approximate surface area is 183 Å². The number of nitrogens with two attached hydrogens (primary N) is 1. The second kappa shape index (κ2) is 7.72. The molecule has 32 heavy (non-hydrogen) atoms. The van der Waals surface area contributed by atoms with Crippen LogP contribution in [0.5, 0.6) is 0 Å². The minimum atomic E-state index is -4.88. The maximum Gasteiger partial charge on any atom is 0.433 e. The number of nitrogens with zero attached hydrogens (tertiary/aromatic N) is 2. The summed E-state index contributed by atoms with van der Waals surface area (Å²) in [5, 5.41) is 4.07. The number of alkyl halides is 3. The molecule has 0 aliphatic heterocycles. The summed E-state index contributed by atoms with van der Waals surface area (Å²) in [6.45, 7) is 2.23. The second-order valence-corrected chi connectivity index (χ2v) is 11.0. The maximum absolute atomic E-state index is 14.2. The van der Waals surface area contributed by atoms with Crippen LogP contribution in [0.2, 0.25) is 0 Å². The van der Waals surface area contributed by atoms with E-state index in [1.54, 1.807) is 0 Å². The zero-order chi connectivity index (χ0) is 24.1. The lowest BCUT2D eigenvalue weighted by molar-refractivity contribution is -0.145. The van der Waals surface area contributed by atoms with Crippen LogP contribution >= 0.6 is 0 Å². The first-order valence-corrected chi connectivity index (χ1v) is 11.6. The minimum Gasteiger partial charge on any atom is -0.368 e. The first kappa shape index (κ1) is 24.0. The van der Waals surface area contributed by atoms with Gasteiger partial charge in [0.15, 0.2) is 9.84 Å². The average molecular weight is 473 g/mol. The van der Waals surface area contributed by atoms with E-state index in [1.165, 1.54) is 44.2 Å². The van der Waals surface area contributed by atoms with Gasteiger partial charge in [-0.05, 0) is 37.5 Å². The fourth-order valence-electron chi connectivity index (χ4n) is 3.81. The molecule has 2 unspecified atom stereocenters. The number of halogens is 4. The number of rotatable bonds is 5. The topological polar surface area (TPSA) is 95.1 Å². The van der Waals surface area contributed by atoms with E-state index in [4.69, 9.17) is 5.73 Å². The summed E-state index contributed by atoms with van der Waals surface area (Å²) in [7, 11) is -3.48. The average Bonchev–Trinajstić information content (AvgIpc) is 3.03. The van der Waals surface area contributed by atoms with Crippen molar-refractivity contribution in [2.24, 2.45) is 5.73 Å². The van der Waals surface area contributed by atoms with Crippen molar-refractivity contribution in [2.75, 3.05) is 6.26 Å². The molecule has 0 radical (unpaired) electrons. The van der Waals surface area contributed by atoms with E-state index in [0.29, 0.717) is 4.68 Å². The Hall–Kier alpha value is -2.69. The van der Waals surface area contributed by atoms with Gasteiger partial charge in [0.05, 0.1) is 10.4 Å². The molecule has 1 heterocycles. The number of sulfone groups is 1. The maximum atomic E-state index is 14.2. The van der Waals surface area contributed by atoms with Crippen LogP contribution in [0.25, 0.3) is 5.57 Å². The lowest BCUT2D eigenvalue weighted by Gasteiger charge is -2.30. The van der Waals surface area contributed by atoms with Crippen molar-refractivity contribution in [3.63, 3.8) is 0 Å². The van der Waals surface area contributed by atoms with Crippen LogP contribution in [-0.4, -0.2) is 35.1 Å². The second-order valence-electron chi connectivity index (χ2n) is 8.52. The molecular weight excluding hydrogens is 450 g/mol. The monoisotopic (exact) mass is 473 g/mol. The Morgan fingerprint density at radius 1 is 1.19 bits per heavy atom. The van der Waals surface area contributed by atoms with Crippen LogP contribution in [0.3, 0.4) is 0 Å². The molecule has 2 aliphatic rings. The fraction of sp³-hybridized carbons (Fsp3) is 0.429. The van der Waals surface area contributed by atoms with Gasteiger partial charge in [-0.1, -0.05) is 31.2 Å². The highest BCUT2D eigenvalue weighted by Crippen LogP contribution is 2.46. The third kappa shape index (κ3) is 4.30. The number of hydrogen-bond acceptors (Lipinski definition) is 4. The quantitative estimate of drug-likeness (QED) is 0.661. The summed E-state index contributed by atoms with van der Waals surface area (Å²) >= 11 is 0. The van der Waals surface area contributed by atoms with Crippen LogP contribution in [0.15, 0.2) is 42.3 Å². The molecule has 2 aliphatic carbocycles. The molecule has 0 spiro atoms. The van der Waals surface area contributed by atoms with E-state index >= 15 is 0 Å². The number of carbonyl (C=O) groups is 1. The van der Waals surface area contributed by atoms with Crippen LogP contribution in [0.1, 0.15) is 43.6 Å². The number of primary amides is 1.